The molecule has 1 N–H and O–H groups in total. The predicted molar refractivity (Wildman–Crippen MR) is 64.9 cm³/mol. The lowest BCUT2D eigenvalue weighted by Crippen LogP contribution is -2.27. The Hall–Kier alpha value is -0.970. The molecule has 1 rings (SSSR count). The summed E-state index contributed by atoms with van der Waals surface area (Å²) in [6.45, 7) is 1.44. The molecule has 0 aliphatic carbocycles. The van der Waals surface area contributed by atoms with Crippen molar-refractivity contribution in [2.45, 2.75) is 6.42 Å². The lowest BCUT2D eigenvalue weighted by molar-refractivity contribution is -0.117. The van der Waals surface area contributed by atoms with E-state index in [1.54, 1.807) is 13.2 Å². The fourth-order valence-electron chi connectivity index (χ4n) is 1.34. The molecule has 3 nitrogen and oxygen atoms in total. The minimum Gasteiger partial charge on any atom is -0.383 e. The van der Waals surface area contributed by atoms with Crippen molar-refractivity contribution in [3.63, 3.8) is 0 Å². The van der Waals surface area contributed by atoms with Gasteiger partial charge in [0.25, 0.3) is 0 Å². The van der Waals surface area contributed by atoms with Crippen LogP contribution in [-0.4, -0.2) is 32.6 Å². The summed E-state index contributed by atoms with van der Waals surface area (Å²) in [5, 5.41) is 3.01. The van der Waals surface area contributed by atoms with Crippen LogP contribution < -0.4 is 5.32 Å². The molecule has 17 heavy (non-hydrogen) atoms. The van der Waals surface area contributed by atoms with Crippen molar-refractivity contribution in [2.75, 3.05) is 26.8 Å². The summed E-state index contributed by atoms with van der Waals surface area (Å²) < 4.78 is 17.9. The lowest BCUT2D eigenvalue weighted by Gasteiger charge is -2.04. The highest BCUT2D eigenvalue weighted by Crippen LogP contribution is 2.15. The van der Waals surface area contributed by atoms with Gasteiger partial charge >= 0.3 is 0 Å². The molecular formula is C12H15ClFNO2. The minimum atomic E-state index is -0.496. The van der Waals surface area contributed by atoms with E-state index in [1.165, 1.54) is 12.1 Å². The highest BCUT2D eigenvalue weighted by molar-refractivity contribution is 6.30. The summed E-state index contributed by atoms with van der Waals surface area (Å²) in [6, 6.07) is 4.39. The zero-order valence-corrected chi connectivity index (χ0v) is 10.4. The molecule has 0 aliphatic heterocycles. The number of halogens is 2. The monoisotopic (exact) mass is 259 g/mol. The number of rotatable bonds is 7. The Balaban J connectivity index is 2.37. The molecule has 0 bridgehead atoms. The molecule has 0 aliphatic rings. The molecule has 1 aromatic carbocycles. The van der Waals surface area contributed by atoms with E-state index in [2.05, 4.69) is 5.32 Å². The van der Waals surface area contributed by atoms with Gasteiger partial charge in [-0.05, 0) is 17.7 Å². The van der Waals surface area contributed by atoms with Gasteiger partial charge in [-0.15, -0.1) is 0 Å². The summed E-state index contributed by atoms with van der Waals surface area (Å²) in [6.07, 6.45) is 0.202. The van der Waals surface area contributed by atoms with E-state index < -0.39 is 5.82 Å². The SMILES string of the molecule is COCCNCC(=O)Cc1ccc(Cl)c(F)c1. The molecule has 0 unspecified atom stereocenters. The third-order valence-corrected chi connectivity index (χ3v) is 2.50. The maximum absolute atomic E-state index is 13.1. The van der Waals surface area contributed by atoms with Crippen molar-refractivity contribution < 1.29 is 13.9 Å². The van der Waals surface area contributed by atoms with Gasteiger partial charge in [0.2, 0.25) is 0 Å². The van der Waals surface area contributed by atoms with E-state index in [4.69, 9.17) is 16.3 Å². The summed E-state index contributed by atoms with van der Waals surface area (Å²) in [5.74, 6) is -0.493. The normalized spacial score (nSPS) is 10.5. The van der Waals surface area contributed by atoms with Crippen LogP contribution in [-0.2, 0) is 16.0 Å². The van der Waals surface area contributed by atoms with E-state index in [0.29, 0.717) is 18.7 Å². The minimum absolute atomic E-state index is 0.00262. The molecule has 94 valence electrons. The number of hydrogen-bond acceptors (Lipinski definition) is 3. The highest BCUT2D eigenvalue weighted by Gasteiger charge is 2.06. The quantitative estimate of drug-likeness (QED) is 0.760. The van der Waals surface area contributed by atoms with Crippen molar-refractivity contribution in [3.8, 4) is 0 Å². The smallest absolute Gasteiger partial charge is 0.150 e. The highest BCUT2D eigenvalue weighted by atomic mass is 35.5. The summed E-state index contributed by atoms with van der Waals surface area (Å²) in [5.41, 5.74) is 0.630. The Morgan fingerprint density at radius 3 is 2.94 bits per heavy atom. The van der Waals surface area contributed by atoms with Gasteiger partial charge in [-0.3, -0.25) is 4.79 Å². The molecular weight excluding hydrogens is 245 g/mol. The van der Waals surface area contributed by atoms with Crippen LogP contribution in [0, 0.1) is 5.82 Å². The number of Topliss-reactive ketones (excluding diaryl/α,β-unsaturated/α-hetero) is 1. The van der Waals surface area contributed by atoms with Crippen molar-refractivity contribution in [3.05, 3.63) is 34.6 Å². The Bertz CT molecular complexity index is 385. The van der Waals surface area contributed by atoms with Crippen LogP contribution >= 0.6 is 11.6 Å². The standard InChI is InChI=1S/C12H15ClFNO2/c1-17-5-4-15-8-10(16)6-9-2-3-11(13)12(14)7-9/h2-3,7,15H,4-6,8H2,1H3. The first-order valence-corrected chi connectivity index (χ1v) is 5.66. The van der Waals surface area contributed by atoms with Crippen molar-refractivity contribution in [2.24, 2.45) is 0 Å². The molecule has 0 saturated carbocycles. The number of carbonyl (C=O) groups is 1. The lowest BCUT2D eigenvalue weighted by atomic mass is 10.1. The van der Waals surface area contributed by atoms with Crippen LogP contribution in [0.15, 0.2) is 18.2 Å². The number of nitrogens with one attached hydrogen (secondary N) is 1. The first-order valence-electron chi connectivity index (χ1n) is 5.28. The second-order valence-corrected chi connectivity index (χ2v) is 4.04. The largest absolute Gasteiger partial charge is 0.383 e. The fraction of sp³-hybridized carbons (Fsp3) is 0.417. The van der Waals surface area contributed by atoms with Crippen LogP contribution in [0.25, 0.3) is 0 Å². The maximum atomic E-state index is 13.1. The summed E-state index contributed by atoms with van der Waals surface area (Å²) >= 11 is 5.55. The van der Waals surface area contributed by atoms with E-state index in [1.807, 2.05) is 0 Å². The van der Waals surface area contributed by atoms with Crippen LogP contribution in [0.1, 0.15) is 5.56 Å². The van der Waals surface area contributed by atoms with E-state index in [-0.39, 0.29) is 23.8 Å². The molecule has 0 fully saturated rings. The van der Waals surface area contributed by atoms with Gasteiger partial charge in [0.05, 0.1) is 18.2 Å². The number of carbonyl (C=O) groups excluding carboxylic acids is 1. The zero-order chi connectivity index (χ0) is 12.7. The fourth-order valence-corrected chi connectivity index (χ4v) is 1.46. The van der Waals surface area contributed by atoms with Crippen LogP contribution in [0.3, 0.4) is 0 Å². The summed E-state index contributed by atoms with van der Waals surface area (Å²) in [7, 11) is 1.60. The average Bonchev–Trinajstić information content (AvgIpc) is 2.30. The molecule has 5 heteroatoms. The number of ether oxygens (including phenoxy) is 1. The van der Waals surface area contributed by atoms with Crippen LogP contribution in [0.2, 0.25) is 5.02 Å². The predicted octanol–water partition coefficient (Wildman–Crippen LogP) is 1.83. The number of benzene rings is 1. The molecule has 0 aromatic heterocycles. The maximum Gasteiger partial charge on any atom is 0.150 e. The molecule has 1 aromatic rings. The first kappa shape index (κ1) is 14.1. The van der Waals surface area contributed by atoms with Gasteiger partial charge in [-0.2, -0.15) is 0 Å². The molecule has 0 heterocycles. The molecule has 0 spiro atoms. The Labute approximate surface area is 105 Å². The zero-order valence-electron chi connectivity index (χ0n) is 9.63. The topological polar surface area (TPSA) is 38.3 Å². The number of ketones is 1. The van der Waals surface area contributed by atoms with Gasteiger partial charge in [0.1, 0.15) is 5.82 Å². The first-order chi connectivity index (χ1) is 8.13. The van der Waals surface area contributed by atoms with E-state index >= 15 is 0 Å². The van der Waals surface area contributed by atoms with Crippen molar-refractivity contribution >= 4 is 17.4 Å². The third-order valence-electron chi connectivity index (χ3n) is 2.19. The van der Waals surface area contributed by atoms with Gasteiger partial charge < -0.3 is 10.1 Å². The van der Waals surface area contributed by atoms with Gasteiger partial charge in [-0.1, -0.05) is 17.7 Å². The van der Waals surface area contributed by atoms with Crippen molar-refractivity contribution in [1.29, 1.82) is 0 Å². The van der Waals surface area contributed by atoms with Crippen LogP contribution in [0.5, 0.6) is 0 Å². The summed E-state index contributed by atoms with van der Waals surface area (Å²) in [4.78, 5) is 11.5. The Morgan fingerprint density at radius 2 is 2.29 bits per heavy atom. The Kier molecular flexibility index (Phi) is 6.11. The van der Waals surface area contributed by atoms with Crippen LogP contribution in [0.4, 0.5) is 4.39 Å². The second-order valence-electron chi connectivity index (χ2n) is 3.63. The van der Waals surface area contributed by atoms with E-state index in [0.717, 1.165) is 0 Å². The molecule has 0 atom stereocenters. The number of hydrogen-bond donors (Lipinski definition) is 1. The Morgan fingerprint density at radius 1 is 1.53 bits per heavy atom. The molecule has 0 radical (unpaired) electrons. The van der Waals surface area contributed by atoms with Gasteiger partial charge in [0, 0.05) is 20.1 Å². The second kappa shape index (κ2) is 7.37. The van der Waals surface area contributed by atoms with Crippen molar-refractivity contribution in [1.82, 2.24) is 5.32 Å². The average molecular weight is 260 g/mol. The van der Waals surface area contributed by atoms with E-state index in [9.17, 15) is 9.18 Å². The van der Waals surface area contributed by atoms with Gasteiger partial charge in [-0.25, -0.2) is 4.39 Å². The number of methoxy groups -OCH3 is 1. The van der Waals surface area contributed by atoms with Gasteiger partial charge in [0.15, 0.2) is 5.78 Å². The third kappa shape index (κ3) is 5.26. The molecule has 0 saturated heterocycles. The molecule has 0 amide bonds.